The van der Waals surface area contributed by atoms with Crippen molar-refractivity contribution in [2.24, 2.45) is 0 Å². The predicted molar refractivity (Wildman–Crippen MR) is 146 cm³/mol. The summed E-state index contributed by atoms with van der Waals surface area (Å²) >= 11 is 6.05. The smallest absolute Gasteiger partial charge is 0.256 e. The molecule has 6 nitrogen and oxygen atoms in total. The van der Waals surface area contributed by atoms with Crippen molar-refractivity contribution >= 4 is 40.8 Å². The third-order valence-electron chi connectivity index (χ3n) is 7.44. The van der Waals surface area contributed by atoms with E-state index in [1.54, 1.807) is 36.4 Å². The van der Waals surface area contributed by atoms with E-state index in [1.165, 1.54) is 6.07 Å². The number of fused-ring (bicyclic) bond motifs is 2. The molecule has 5 rings (SSSR count). The quantitative estimate of drug-likeness (QED) is 0.398. The molecular weight excluding hydrogens is 491 g/mol. The Kier molecular flexibility index (Phi) is 6.92. The largest absolute Gasteiger partial charge is 0.358 e. The maximum atomic E-state index is 15.0. The molecule has 2 aliphatic rings. The first-order chi connectivity index (χ1) is 17.8. The van der Waals surface area contributed by atoms with Crippen molar-refractivity contribution in [1.82, 2.24) is 14.8 Å². The lowest BCUT2D eigenvalue weighted by atomic mass is 9.93. The number of carbonyl (C=O) groups excluding carboxylic acids is 2. The highest BCUT2D eigenvalue weighted by Crippen LogP contribution is 2.42. The Morgan fingerprint density at radius 3 is 2.57 bits per heavy atom. The van der Waals surface area contributed by atoms with Crippen LogP contribution < -0.4 is 5.32 Å². The van der Waals surface area contributed by atoms with Gasteiger partial charge in [0.1, 0.15) is 5.82 Å². The second kappa shape index (κ2) is 10.1. The molecule has 2 N–H and O–H groups in total. The molecule has 3 heterocycles. The zero-order valence-electron chi connectivity index (χ0n) is 21.3. The van der Waals surface area contributed by atoms with E-state index in [2.05, 4.69) is 29.0 Å². The molecule has 1 aromatic heterocycles. The number of anilines is 1. The van der Waals surface area contributed by atoms with Gasteiger partial charge in [-0.25, -0.2) is 4.39 Å². The van der Waals surface area contributed by atoms with Gasteiger partial charge < -0.3 is 20.1 Å². The van der Waals surface area contributed by atoms with Crippen molar-refractivity contribution in [2.45, 2.75) is 27.2 Å². The number of halogens is 2. The molecule has 0 bridgehead atoms. The Morgan fingerprint density at radius 2 is 1.81 bits per heavy atom. The van der Waals surface area contributed by atoms with Crippen LogP contribution in [0.3, 0.4) is 0 Å². The van der Waals surface area contributed by atoms with Crippen molar-refractivity contribution in [3.8, 4) is 11.1 Å². The number of hydrogen-bond acceptors (Lipinski definition) is 3. The number of rotatable bonds is 7. The van der Waals surface area contributed by atoms with Gasteiger partial charge in [-0.3, -0.25) is 9.59 Å². The van der Waals surface area contributed by atoms with Gasteiger partial charge >= 0.3 is 0 Å². The van der Waals surface area contributed by atoms with Gasteiger partial charge in [0.2, 0.25) is 0 Å². The van der Waals surface area contributed by atoms with E-state index in [9.17, 15) is 14.0 Å². The van der Waals surface area contributed by atoms with E-state index in [1.807, 2.05) is 11.8 Å². The first-order valence-electron chi connectivity index (χ1n) is 12.7. The van der Waals surface area contributed by atoms with Crippen LogP contribution in [0.5, 0.6) is 0 Å². The molecule has 0 aliphatic carbocycles. The summed E-state index contributed by atoms with van der Waals surface area (Å²) in [5.41, 5.74) is 5.65. The Bertz CT molecular complexity index is 1420. The van der Waals surface area contributed by atoms with E-state index in [-0.39, 0.29) is 16.8 Å². The van der Waals surface area contributed by atoms with Crippen LogP contribution in [0.4, 0.5) is 10.1 Å². The molecule has 0 fully saturated rings. The molecule has 0 unspecified atom stereocenters. The Hall–Kier alpha value is -3.42. The van der Waals surface area contributed by atoms with Crippen LogP contribution in [0, 0.1) is 12.7 Å². The molecule has 0 saturated carbocycles. The molecule has 3 aromatic rings. The number of amides is 2. The average molecular weight is 521 g/mol. The summed E-state index contributed by atoms with van der Waals surface area (Å²) in [4.78, 5) is 34.0. The Balaban J connectivity index is 1.52. The minimum Gasteiger partial charge on any atom is -0.358 e. The lowest BCUT2D eigenvalue weighted by Crippen LogP contribution is -2.42. The molecule has 0 radical (unpaired) electrons. The number of carbonyl (C=O) groups is 2. The summed E-state index contributed by atoms with van der Waals surface area (Å²) in [7, 11) is 0. The van der Waals surface area contributed by atoms with Gasteiger partial charge in [-0.2, -0.15) is 0 Å². The van der Waals surface area contributed by atoms with Crippen molar-refractivity contribution in [3.63, 3.8) is 0 Å². The fourth-order valence-corrected chi connectivity index (χ4v) is 5.47. The molecule has 0 saturated heterocycles. The highest BCUT2D eigenvalue weighted by molar-refractivity contribution is 6.36. The van der Waals surface area contributed by atoms with Crippen LogP contribution in [0.25, 0.3) is 22.8 Å². The summed E-state index contributed by atoms with van der Waals surface area (Å²) in [6.45, 7) is 10.2. The number of hydrogen-bond donors (Lipinski definition) is 2. The van der Waals surface area contributed by atoms with Crippen molar-refractivity contribution in [2.75, 3.05) is 38.0 Å². The molecular formula is C29H30ClFN4O2. The molecule has 37 heavy (non-hydrogen) atoms. The van der Waals surface area contributed by atoms with Gasteiger partial charge in [-0.1, -0.05) is 49.7 Å². The third-order valence-corrected chi connectivity index (χ3v) is 7.73. The first-order valence-corrected chi connectivity index (χ1v) is 13.1. The summed E-state index contributed by atoms with van der Waals surface area (Å²) in [6.07, 6.45) is 2.50. The molecule has 2 aliphatic heterocycles. The van der Waals surface area contributed by atoms with Crippen LogP contribution in [0.2, 0.25) is 5.02 Å². The Morgan fingerprint density at radius 1 is 1.08 bits per heavy atom. The number of aromatic nitrogens is 1. The number of nitrogens with zero attached hydrogens (tertiary/aromatic N) is 2. The van der Waals surface area contributed by atoms with Crippen molar-refractivity contribution < 1.29 is 14.0 Å². The monoisotopic (exact) mass is 520 g/mol. The van der Waals surface area contributed by atoms with Crippen LogP contribution in [0.1, 0.15) is 46.7 Å². The third kappa shape index (κ3) is 4.47. The number of nitrogens with one attached hydrogen (secondary N) is 2. The van der Waals surface area contributed by atoms with Gasteiger partial charge in [0, 0.05) is 54.3 Å². The lowest BCUT2D eigenvalue weighted by Gasteiger charge is -2.29. The maximum absolute atomic E-state index is 15.0. The molecule has 0 spiro atoms. The summed E-state index contributed by atoms with van der Waals surface area (Å²) in [5, 5.41) is 2.91. The van der Waals surface area contributed by atoms with E-state index in [4.69, 9.17) is 11.6 Å². The van der Waals surface area contributed by atoms with Gasteiger partial charge in [0.25, 0.3) is 11.8 Å². The molecule has 2 amide bonds. The molecule has 192 valence electrons. The summed E-state index contributed by atoms with van der Waals surface area (Å²) in [5.74, 6) is -0.785. The summed E-state index contributed by atoms with van der Waals surface area (Å²) < 4.78 is 15.0. The molecule has 0 atom stereocenters. The average Bonchev–Trinajstić information content (AvgIpc) is 3.39. The van der Waals surface area contributed by atoms with Gasteiger partial charge in [0.15, 0.2) is 0 Å². The van der Waals surface area contributed by atoms with Gasteiger partial charge in [0.05, 0.1) is 16.2 Å². The van der Waals surface area contributed by atoms with Crippen LogP contribution in [0.15, 0.2) is 36.4 Å². The van der Waals surface area contributed by atoms with E-state index >= 15 is 0 Å². The number of benzene rings is 2. The SMILES string of the molecule is CCN(CC)CCN1CCc2[nH]c(/C=C3\C(=O)Nc4cccc(-c5cccc(Cl)c5F)c43)c(C)c2C1=O. The second-order valence-electron chi connectivity index (χ2n) is 9.43. The number of H-pyrrole nitrogens is 1. The maximum Gasteiger partial charge on any atom is 0.256 e. The van der Waals surface area contributed by atoms with E-state index in [0.717, 1.165) is 37.3 Å². The zero-order chi connectivity index (χ0) is 26.3. The van der Waals surface area contributed by atoms with Gasteiger partial charge in [-0.15, -0.1) is 0 Å². The fourth-order valence-electron chi connectivity index (χ4n) is 5.29. The molecule has 2 aromatic carbocycles. The topological polar surface area (TPSA) is 68.4 Å². The first kappa shape index (κ1) is 25.2. The number of aromatic amines is 1. The van der Waals surface area contributed by atoms with Crippen molar-refractivity contribution in [3.05, 3.63) is 75.3 Å². The fraction of sp³-hybridized carbons (Fsp3) is 0.310. The standard InChI is InChI=1S/C29H30ClFN4O2/c1-4-34(5-2)14-15-35-13-12-23-25(29(35)37)17(3)24(32-23)16-20-26-18(8-7-11-22(26)33-28(20)36)19-9-6-10-21(30)27(19)31/h6-11,16,32H,4-5,12-15H2,1-3H3,(H,33,36)/b20-16-. The highest BCUT2D eigenvalue weighted by atomic mass is 35.5. The minimum atomic E-state index is -0.529. The second-order valence-corrected chi connectivity index (χ2v) is 9.84. The van der Waals surface area contributed by atoms with Crippen LogP contribution in [-0.4, -0.2) is 59.3 Å². The van der Waals surface area contributed by atoms with E-state index < -0.39 is 5.82 Å². The Labute approximate surface area is 221 Å². The lowest BCUT2D eigenvalue weighted by molar-refractivity contribution is -0.110. The molecule has 8 heteroatoms. The normalized spacial score (nSPS) is 15.9. The summed E-state index contributed by atoms with van der Waals surface area (Å²) in [6, 6.07) is 10.2. The minimum absolute atomic E-state index is 0.0183. The van der Waals surface area contributed by atoms with E-state index in [0.29, 0.717) is 52.3 Å². The van der Waals surface area contributed by atoms with Crippen LogP contribution in [-0.2, 0) is 11.2 Å². The zero-order valence-corrected chi connectivity index (χ0v) is 22.0. The number of likely N-dealkylation sites (N-methyl/N-ethyl adjacent to an activating group) is 1. The van der Waals surface area contributed by atoms with Crippen LogP contribution >= 0.6 is 11.6 Å². The van der Waals surface area contributed by atoms with Gasteiger partial charge in [-0.05, 0) is 49.3 Å². The predicted octanol–water partition coefficient (Wildman–Crippen LogP) is 5.62. The van der Waals surface area contributed by atoms with Crippen molar-refractivity contribution in [1.29, 1.82) is 0 Å². The highest BCUT2D eigenvalue weighted by Gasteiger charge is 2.32.